The molecule has 18 heavy (non-hydrogen) atoms. The van der Waals surface area contributed by atoms with E-state index in [2.05, 4.69) is 5.10 Å². The molecule has 0 unspecified atom stereocenters. The molecule has 0 spiro atoms. The fourth-order valence-electron chi connectivity index (χ4n) is 1.74. The van der Waals surface area contributed by atoms with Crippen LogP contribution in [0.15, 0.2) is 41.4 Å². The lowest BCUT2D eigenvalue weighted by atomic mass is 10.1. The van der Waals surface area contributed by atoms with Crippen molar-refractivity contribution in [1.29, 1.82) is 0 Å². The molecule has 0 aliphatic heterocycles. The third kappa shape index (κ3) is 3.23. The quantitative estimate of drug-likeness (QED) is 0.612. The zero-order valence-corrected chi connectivity index (χ0v) is 11.4. The van der Waals surface area contributed by atoms with E-state index in [0.717, 1.165) is 22.0 Å². The minimum absolute atomic E-state index is 0.196. The highest BCUT2D eigenvalue weighted by molar-refractivity contribution is 7.99. The van der Waals surface area contributed by atoms with Gasteiger partial charge in [0.25, 0.3) is 0 Å². The van der Waals surface area contributed by atoms with Gasteiger partial charge >= 0.3 is 0 Å². The number of nitrogens with zero attached hydrogens (tertiary/aromatic N) is 2. The standard InChI is InChI=1S/C14H16N2OS/c1-11-10-14(16(2)15-11)18-9-8-13(17)12-6-4-3-5-7-12/h3-7,10H,8-9H2,1-2H3. The van der Waals surface area contributed by atoms with Gasteiger partial charge in [-0.15, -0.1) is 11.8 Å². The first-order chi connectivity index (χ1) is 8.66. The van der Waals surface area contributed by atoms with Crippen LogP contribution in [0.1, 0.15) is 22.5 Å². The number of ketones is 1. The number of Topliss-reactive ketones (excluding diaryl/α,β-unsaturated/α-hetero) is 1. The Bertz CT molecular complexity index is 534. The summed E-state index contributed by atoms with van der Waals surface area (Å²) < 4.78 is 1.85. The first-order valence-corrected chi connectivity index (χ1v) is 6.87. The van der Waals surface area contributed by atoms with Gasteiger partial charge in [-0.3, -0.25) is 9.48 Å². The van der Waals surface area contributed by atoms with Crippen molar-refractivity contribution in [2.45, 2.75) is 18.4 Å². The summed E-state index contributed by atoms with van der Waals surface area (Å²) in [6, 6.07) is 11.5. The molecule has 0 aliphatic carbocycles. The molecule has 2 aromatic rings. The Morgan fingerprint density at radius 1 is 1.33 bits per heavy atom. The van der Waals surface area contributed by atoms with Crippen molar-refractivity contribution in [1.82, 2.24) is 9.78 Å². The third-order valence-electron chi connectivity index (χ3n) is 2.63. The SMILES string of the molecule is Cc1cc(SCCC(=O)c2ccccc2)n(C)n1. The lowest BCUT2D eigenvalue weighted by molar-refractivity contribution is 0.0989. The van der Waals surface area contributed by atoms with E-state index in [1.165, 1.54) is 0 Å². The number of hydrogen-bond acceptors (Lipinski definition) is 3. The van der Waals surface area contributed by atoms with Gasteiger partial charge in [0.05, 0.1) is 10.7 Å². The second-order valence-corrected chi connectivity index (χ2v) is 5.25. The van der Waals surface area contributed by atoms with Crippen LogP contribution in [0.2, 0.25) is 0 Å². The van der Waals surface area contributed by atoms with E-state index in [9.17, 15) is 4.79 Å². The van der Waals surface area contributed by atoms with Gasteiger partial charge in [-0.1, -0.05) is 30.3 Å². The largest absolute Gasteiger partial charge is 0.294 e. The molecule has 0 aliphatic rings. The number of aryl methyl sites for hydroxylation is 2. The van der Waals surface area contributed by atoms with E-state index >= 15 is 0 Å². The van der Waals surface area contributed by atoms with E-state index in [1.54, 1.807) is 11.8 Å². The summed E-state index contributed by atoms with van der Waals surface area (Å²) in [5, 5.41) is 5.38. The Morgan fingerprint density at radius 2 is 2.06 bits per heavy atom. The molecule has 0 bridgehead atoms. The Labute approximate surface area is 111 Å². The van der Waals surface area contributed by atoms with E-state index < -0.39 is 0 Å². The summed E-state index contributed by atoms with van der Waals surface area (Å²) in [7, 11) is 1.92. The van der Waals surface area contributed by atoms with Crippen LogP contribution in [-0.4, -0.2) is 21.3 Å². The molecule has 0 atom stereocenters. The first kappa shape index (κ1) is 12.9. The summed E-state index contributed by atoms with van der Waals surface area (Å²) in [6.07, 6.45) is 0.554. The van der Waals surface area contributed by atoms with Gasteiger partial charge in [0.1, 0.15) is 0 Å². The number of hydrogen-bond donors (Lipinski definition) is 0. The van der Waals surface area contributed by atoms with Crippen LogP contribution in [0.5, 0.6) is 0 Å². The monoisotopic (exact) mass is 260 g/mol. The summed E-state index contributed by atoms with van der Waals surface area (Å²) >= 11 is 1.67. The normalized spacial score (nSPS) is 10.6. The maximum absolute atomic E-state index is 11.9. The van der Waals surface area contributed by atoms with Crippen LogP contribution in [0.4, 0.5) is 0 Å². The van der Waals surface area contributed by atoms with E-state index in [4.69, 9.17) is 0 Å². The Kier molecular flexibility index (Phi) is 4.20. The highest BCUT2D eigenvalue weighted by atomic mass is 32.2. The molecular weight excluding hydrogens is 244 g/mol. The zero-order valence-electron chi connectivity index (χ0n) is 10.6. The third-order valence-corrected chi connectivity index (χ3v) is 3.72. The Balaban J connectivity index is 1.86. The predicted molar refractivity (Wildman–Crippen MR) is 74.1 cm³/mol. The van der Waals surface area contributed by atoms with Gasteiger partial charge in [0.15, 0.2) is 5.78 Å². The average Bonchev–Trinajstić information content (AvgIpc) is 2.69. The van der Waals surface area contributed by atoms with Crippen molar-refractivity contribution in [2.24, 2.45) is 7.05 Å². The van der Waals surface area contributed by atoms with Crippen LogP contribution in [0.25, 0.3) is 0 Å². The Hall–Kier alpha value is -1.55. The van der Waals surface area contributed by atoms with Gasteiger partial charge in [0, 0.05) is 24.8 Å². The van der Waals surface area contributed by atoms with Gasteiger partial charge in [-0.05, 0) is 13.0 Å². The van der Waals surface area contributed by atoms with E-state index in [-0.39, 0.29) is 5.78 Å². The molecule has 1 aromatic carbocycles. The maximum atomic E-state index is 11.9. The maximum Gasteiger partial charge on any atom is 0.163 e. The molecule has 4 heteroatoms. The second-order valence-electron chi connectivity index (χ2n) is 4.14. The molecule has 1 aromatic heterocycles. The highest BCUT2D eigenvalue weighted by Crippen LogP contribution is 2.19. The predicted octanol–water partition coefficient (Wildman–Crippen LogP) is 3.09. The minimum atomic E-state index is 0.196. The van der Waals surface area contributed by atoms with Gasteiger partial charge in [0.2, 0.25) is 0 Å². The fourth-order valence-corrected chi connectivity index (χ4v) is 2.72. The number of aromatic nitrogens is 2. The molecule has 0 radical (unpaired) electrons. The van der Waals surface area contributed by atoms with Gasteiger partial charge < -0.3 is 0 Å². The topological polar surface area (TPSA) is 34.9 Å². The molecule has 2 rings (SSSR count). The van der Waals surface area contributed by atoms with Crippen LogP contribution >= 0.6 is 11.8 Å². The summed E-state index contributed by atoms with van der Waals surface area (Å²) in [5.41, 5.74) is 1.80. The van der Waals surface area contributed by atoms with Crippen molar-refractivity contribution in [3.05, 3.63) is 47.7 Å². The van der Waals surface area contributed by atoms with Crippen LogP contribution in [0.3, 0.4) is 0 Å². The van der Waals surface area contributed by atoms with Crippen LogP contribution in [0, 0.1) is 6.92 Å². The number of benzene rings is 1. The molecular formula is C14H16N2OS. The number of carbonyl (C=O) groups excluding carboxylic acids is 1. The number of carbonyl (C=O) groups is 1. The van der Waals surface area contributed by atoms with E-state index in [0.29, 0.717) is 6.42 Å². The smallest absolute Gasteiger partial charge is 0.163 e. The summed E-state index contributed by atoms with van der Waals surface area (Å²) in [4.78, 5) is 11.9. The average molecular weight is 260 g/mol. The second kappa shape index (κ2) is 5.87. The lowest BCUT2D eigenvalue weighted by Crippen LogP contribution is -2.01. The lowest BCUT2D eigenvalue weighted by Gasteiger charge is -2.02. The molecule has 0 saturated heterocycles. The molecule has 94 valence electrons. The zero-order chi connectivity index (χ0) is 13.0. The molecule has 0 saturated carbocycles. The van der Waals surface area contributed by atoms with Crippen molar-refractivity contribution in [2.75, 3.05) is 5.75 Å². The molecule has 3 nitrogen and oxygen atoms in total. The highest BCUT2D eigenvalue weighted by Gasteiger charge is 2.07. The molecule has 0 amide bonds. The molecule has 1 heterocycles. The molecule has 0 fully saturated rings. The first-order valence-electron chi connectivity index (χ1n) is 5.88. The van der Waals surface area contributed by atoms with Crippen molar-refractivity contribution >= 4 is 17.5 Å². The van der Waals surface area contributed by atoms with Gasteiger partial charge in [-0.25, -0.2) is 0 Å². The minimum Gasteiger partial charge on any atom is -0.294 e. The van der Waals surface area contributed by atoms with Crippen LogP contribution < -0.4 is 0 Å². The summed E-state index contributed by atoms with van der Waals surface area (Å²) in [5.74, 6) is 0.981. The Morgan fingerprint density at radius 3 is 2.67 bits per heavy atom. The number of thioether (sulfide) groups is 1. The van der Waals surface area contributed by atoms with Crippen molar-refractivity contribution in [3.63, 3.8) is 0 Å². The van der Waals surface area contributed by atoms with Crippen molar-refractivity contribution in [3.8, 4) is 0 Å². The molecule has 0 N–H and O–H groups in total. The number of rotatable bonds is 5. The summed E-state index contributed by atoms with van der Waals surface area (Å²) in [6.45, 7) is 1.97. The fraction of sp³-hybridized carbons (Fsp3) is 0.286. The van der Waals surface area contributed by atoms with Gasteiger partial charge in [-0.2, -0.15) is 5.10 Å². The van der Waals surface area contributed by atoms with Crippen LogP contribution in [-0.2, 0) is 7.05 Å². The van der Waals surface area contributed by atoms with Crippen molar-refractivity contribution < 1.29 is 4.79 Å². The van der Waals surface area contributed by atoms with E-state index in [1.807, 2.05) is 55.1 Å².